The second kappa shape index (κ2) is 14.3. The average molecular weight is 480 g/mol. The number of hydrogen-bond donors (Lipinski definition) is 2. The number of aliphatic carboxylic acids is 1. The number of benzene rings is 1. The number of carbonyl (C=O) groups excluding carboxylic acids is 3. The lowest BCUT2D eigenvalue weighted by molar-refractivity contribution is -0.149. The molecule has 1 aromatic carbocycles. The van der Waals surface area contributed by atoms with E-state index in [4.69, 9.17) is 19.9 Å². The first-order valence-electron chi connectivity index (χ1n) is 11.8. The SMILES string of the molecule is CCCC(=O)Oc1ccc(C(C(C)COC(=O)C(C)CC)[C@H](N)C(=O)O)cc1OC(=O)CCC. The molecule has 0 saturated carbocycles. The Bertz CT molecular complexity index is 853. The van der Waals surface area contributed by atoms with Gasteiger partial charge in [-0.15, -0.1) is 0 Å². The van der Waals surface area contributed by atoms with E-state index in [9.17, 15) is 24.3 Å². The van der Waals surface area contributed by atoms with Crippen LogP contribution in [-0.4, -0.2) is 41.6 Å². The first-order valence-corrected chi connectivity index (χ1v) is 11.8. The van der Waals surface area contributed by atoms with Crippen LogP contribution in [0.2, 0.25) is 0 Å². The molecule has 0 bridgehead atoms. The van der Waals surface area contributed by atoms with Gasteiger partial charge >= 0.3 is 23.9 Å². The standard InChI is InChI=1S/C25H37NO8/c1-6-9-20(27)33-18-12-11-17(13-19(18)34-21(28)10-7-2)22(23(26)24(29)30)16(5)14-32-25(31)15(4)8-3/h11-13,15-16,22-23H,6-10,14,26H2,1-5H3,(H,29,30)/t15?,16?,22?,23-/m0/s1. The fourth-order valence-electron chi connectivity index (χ4n) is 3.32. The van der Waals surface area contributed by atoms with Crippen molar-refractivity contribution < 1.29 is 38.5 Å². The van der Waals surface area contributed by atoms with E-state index in [1.165, 1.54) is 12.1 Å². The Labute approximate surface area is 200 Å². The summed E-state index contributed by atoms with van der Waals surface area (Å²) >= 11 is 0. The molecule has 4 atom stereocenters. The summed E-state index contributed by atoms with van der Waals surface area (Å²) in [5.74, 6) is -4.04. The van der Waals surface area contributed by atoms with Gasteiger partial charge in [0, 0.05) is 18.8 Å². The first kappa shape index (κ1) is 29.1. The minimum absolute atomic E-state index is 0.00629. The Morgan fingerprint density at radius 1 is 0.941 bits per heavy atom. The molecule has 0 amide bonds. The number of carbonyl (C=O) groups is 4. The molecule has 0 aliphatic heterocycles. The smallest absolute Gasteiger partial charge is 0.321 e. The molecular formula is C25H37NO8. The summed E-state index contributed by atoms with van der Waals surface area (Å²) < 4.78 is 16.2. The molecule has 9 nitrogen and oxygen atoms in total. The van der Waals surface area contributed by atoms with Gasteiger partial charge in [0.1, 0.15) is 6.04 Å². The van der Waals surface area contributed by atoms with Gasteiger partial charge in [0.15, 0.2) is 11.5 Å². The van der Waals surface area contributed by atoms with Gasteiger partial charge in [-0.1, -0.05) is 40.7 Å². The van der Waals surface area contributed by atoms with Gasteiger partial charge in [-0.3, -0.25) is 19.2 Å². The molecule has 0 aromatic heterocycles. The third kappa shape index (κ3) is 8.78. The van der Waals surface area contributed by atoms with E-state index in [1.54, 1.807) is 19.9 Å². The third-order valence-electron chi connectivity index (χ3n) is 5.50. The van der Waals surface area contributed by atoms with Crippen molar-refractivity contribution in [3.63, 3.8) is 0 Å². The fraction of sp³-hybridized carbons (Fsp3) is 0.600. The fourth-order valence-corrected chi connectivity index (χ4v) is 3.32. The lowest BCUT2D eigenvalue weighted by Gasteiger charge is -2.28. The van der Waals surface area contributed by atoms with E-state index in [1.807, 2.05) is 20.8 Å². The highest BCUT2D eigenvalue weighted by Gasteiger charge is 2.33. The Morgan fingerprint density at radius 3 is 2.00 bits per heavy atom. The zero-order chi connectivity index (χ0) is 25.8. The predicted molar refractivity (Wildman–Crippen MR) is 125 cm³/mol. The van der Waals surface area contributed by atoms with Crippen LogP contribution in [0.3, 0.4) is 0 Å². The summed E-state index contributed by atoms with van der Waals surface area (Å²) in [6, 6.07) is 3.18. The minimum Gasteiger partial charge on any atom is -0.480 e. The van der Waals surface area contributed by atoms with Crippen molar-refractivity contribution in [3.8, 4) is 11.5 Å². The van der Waals surface area contributed by atoms with Crippen molar-refractivity contribution in [2.75, 3.05) is 6.61 Å². The monoisotopic (exact) mass is 479 g/mol. The van der Waals surface area contributed by atoms with E-state index < -0.39 is 35.8 Å². The largest absolute Gasteiger partial charge is 0.480 e. The van der Waals surface area contributed by atoms with E-state index in [-0.39, 0.29) is 42.8 Å². The number of carboxylic acid groups (broad SMARTS) is 1. The molecule has 1 aromatic rings. The molecule has 3 unspecified atom stereocenters. The van der Waals surface area contributed by atoms with Crippen LogP contribution in [0.25, 0.3) is 0 Å². The second-order valence-electron chi connectivity index (χ2n) is 8.46. The van der Waals surface area contributed by atoms with Gasteiger partial charge in [0.2, 0.25) is 0 Å². The van der Waals surface area contributed by atoms with Crippen LogP contribution >= 0.6 is 0 Å². The van der Waals surface area contributed by atoms with Crippen molar-refractivity contribution in [1.82, 2.24) is 0 Å². The summed E-state index contributed by atoms with van der Waals surface area (Å²) in [6.07, 6.45) is 2.12. The predicted octanol–water partition coefficient (Wildman–Crippen LogP) is 3.82. The maximum atomic E-state index is 12.2. The van der Waals surface area contributed by atoms with Crippen LogP contribution in [0.4, 0.5) is 0 Å². The molecule has 34 heavy (non-hydrogen) atoms. The van der Waals surface area contributed by atoms with Gasteiger partial charge in [-0.05, 0) is 42.9 Å². The second-order valence-corrected chi connectivity index (χ2v) is 8.46. The number of ether oxygens (including phenoxy) is 3. The van der Waals surface area contributed by atoms with Gasteiger partial charge in [0.05, 0.1) is 12.5 Å². The quantitative estimate of drug-likeness (QED) is 0.301. The highest BCUT2D eigenvalue weighted by molar-refractivity contribution is 5.77. The van der Waals surface area contributed by atoms with Gasteiger partial charge in [0.25, 0.3) is 0 Å². The summed E-state index contributed by atoms with van der Waals surface area (Å²) in [6.45, 7) is 8.98. The molecule has 9 heteroatoms. The molecule has 0 aliphatic carbocycles. The molecule has 0 heterocycles. The lowest BCUT2D eigenvalue weighted by atomic mass is 9.82. The van der Waals surface area contributed by atoms with Crippen molar-refractivity contribution >= 4 is 23.9 Å². The third-order valence-corrected chi connectivity index (χ3v) is 5.50. The number of carboxylic acids is 1. The number of nitrogens with two attached hydrogens (primary N) is 1. The van der Waals surface area contributed by atoms with Crippen LogP contribution < -0.4 is 15.2 Å². The molecule has 1 rings (SSSR count). The van der Waals surface area contributed by atoms with E-state index in [0.717, 1.165) is 0 Å². The summed E-state index contributed by atoms with van der Waals surface area (Å²) in [5.41, 5.74) is 6.47. The number of rotatable bonds is 14. The molecular weight excluding hydrogens is 442 g/mol. The van der Waals surface area contributed by atoms with Crippen LogP contribution in [-0.2, 0) is 23.9 Å². The van der Waals surface area contributed by atoms with Gasteiger partial charge in [-0.2, -0.15) is 0 Å². The first-order chi connectivity index (χ1) is 16.0. The highest BCUT2D eigenvalue weighted by atomic mass is 16.6. The molecule has 0 spiro atoms. The molecule has 190 valence electrons. The number of hydrogen-bond acceptors (Lipinski definition) is 8. The van der Waals surface area contributed by atoms with E-state index in [0.29, 0.717) is 24.8 Å². The Balaban J connectivity index is 3.33. The van der Waals surface area contributed by atoms with Crippen LogP contribution in [0.1, 0.15) is 78.2 Å². The van der Waals surface area contributed by atoms with Crippen molar-refractivity contribution in [2.45, 2.75) is 78.7 Å². The zero-order valence-electron chi connectivity index (χ0n) is 20.7. The number of esters is 3. The average Bonchev–Trinajstić information content (AvgIpc) is 2.78. The van der Waals surface area contributed by atoms with E-state index in [2.05, 4.69) is 0 Å². The maximum Gasteiger partial charge on any atom is 0.321 e. The van der Waals surface area contributed by atoms with Crippen LogP contribution in [0.5, 0.6) is 11.5 Å². The Morgan fingerprint density at radius 2 is 1.50 bits per heavy atom. The molecule has 0 radical (unpaired) electrons. The van der Waals surface area contributed by atoms with Crippen molar-refractivity contribution in [1.29, 1.82) is 0 Å². The minimum atomic E-state index is -1.31. The van der Waals surface area contributed by atoms with E-state index >= 15 is 0 Å². The highest BCUT2D eigenvalue weighted by Crippen LogP contribution is 2.36. The van der Waals surface area contributed by atoms with Crippen molar-refractivity contribution in [3.05, 3.63) is 23.8 Å². The summed E-state index contributed by atoms with van der Waals surface area (Å²) in [5, 5.41) is 9.60. The molecule has 3 N–H and O–H groups in total. The topological polar surface area (TPSA) is 142 Å². The maximum absolute atomic E-state index is 12.2. The molecule has 0 aliphatic rings. The van der Waals surface area contributed by atoms with Crippen LogP contribution in [0, 0.1) is 11.8 Å². The Hall–Kier alpha value is -2.94. The van der Waals surface area contributed by atoms with Crippen molar-refractivity contribution in [2.24, 2.45) is 17.6 Å². The van der Waals surface area contributed by atoms with Crippen LogP contribution in [0.15, 0.2) is 18.2 Å². The molecule has 0 saturated heterocycles. The zero-order valence-corrected chi connectivity index (χ0v) is 20.7. The Kier molecular flexibility index (Phi) is 12.3. The van der Waals surface area contributed by atoms with Gasteiger partial charge in [-0.25, -0.2) is 0 Å². The summed E-state index contributed by atoms with van der Waals surface area (Å²) in [7, 11) is 0. The molecule has 0 fully saturated rings. The normalized spacial score (nSPS) is 14.4. The van der Waals surface area contributed by atoms with Gasteiger partial charge < -0.3 is 25.1 Å². The lowest BCUT2D eigenvalue weighted by Crippen LogP contribution is -2.40. The summed E-state index contributed by atoms with van der Waals surface area (Å²) in [4.78, 5) is 48.0.